The Morgan fingerprint density at radius 1 is 1.28 bits per heavy atom. The summed E-state index contributed by atoms with van der Waals surface area (Å²) in [5, 5.41) is 4.51. The quantitative estimate of drug-likeness (QED) is 0.749. The Morgan fingerprint density at radius 2 is 2.00 bits per heavy atom. The van der Waals surface area contributed by atoms with E-state index in [1.54, 1.807) is 19.9 Å². The average Bonchev–Trinajstić information content (AvgIpc) is 3.14. The van der Waals surface area contributed by atoms with Gasteiger partial charge in [0.05, 0.1) is 23.1 Å². The standard InChI is InChI=1S/C15H13FN4O3S2/c1-9-14(24-10(2)18-9)15(21)19-25(22,23)11-7-17-20(8-11)13-6-4-3-5-12(13)16/h3-8H,1-2H3,(H,19,21). The number of amides is 1. The topological polar surface area (TPSA) is 93.9 Å². The zero-order valence-electron chi connectivity index (χ0n) is 13.2. The summed E-state index contributed by atoms with van der Waals surface area (Å²) < 4.78 is 41.6. The zero-order valence-corrected chi connectivity index (χ0v) is 14.9. The summed E-state index contributed by atoms with van der Waals surface area (Å²) in [5.74, 6) is -1.31. The highest BCUT2D eigenvalue weighted by Crippen LogP contribution is 2.19. The summed E-state index contributed by atoms with van der Waals surface area (Å²) in [5.41, 5.74) is 0.557. The molecule has 0 spiro atoms. The minimum Gasteiger partial charge on any atom is -0.267 e. The normalized spacial score (nSPS) is 11.5. The highest BCUT2D eigenvalue weighted by atomic mass is 32.2. The molecule has 1 aromatic carbocycles. The van der Waals surface area contributed by atoms with Gasteiger partial charge in [-0.3, -0.25) is 4.79 Å². The molecule has 130 valence electrons. The third kappa shape index (κ3) is 3.44. The fourth-order valence-corrected chi connectivity index (χ4v) is 3.95. The number of rotatable bonds is 4. The molecule has 10 heteroatoms. The van der Waals surface area contributed by atoms with Gasteiger partial charge in [-0.1, -0.05) is 12.1 Å². The Hall–Kier alpha value is -2.59. The van der Waals surface area contributed by atoms with Crippen LogP contribution in [0.5, 0.6) is 0 Å². The summed E-state index contributed by atoms with van der Waals surface area (Å²) in [6.07, 6.45) is 2.19. The minimum absolute atomic E-state index is 0.101. The number of aromatic nitrogens is 3. The lowest BCUT2D eigenvalue weighted by atomic mass is 10.3. The maximum absolute atomic E-state index is 13.8. The number of thiazole rings is 1. The molecule has 25 heavy (non-hydrogen) atoms. The molecule has 0 aliphatic carbocycles. The van der Waals surface area contributed by atoms with Crippen molar-refractivity contribution in [3.8, 4) is 5.69 Å². The lowest BCUT2D eigenvalue weighted by molar-refractivity contribution is 0.0984. The van der Waals surface area contributed by atoms with E-state index < -0.39 is 21.7 Å². The molecule has 2 aromatic heterocycles. The molecule has 7 nitrogen and oxygen atoms in total. The Kier molecular flexibility index (Phi) is 4.39. The Morgan fingerprint density at radius 3 is 2.64 bits per heavy atom. The van der Waals surface area contributed by atoms with E-state index in [2.05, 4.69) is 10.1 Å². The van der Waals surface area contributed by atoms with Crippen LogP contribution in [-0.4, -0.2) is 29.1 Å². The molecule has 0 aliphatic heterocycles. The predicted octanol–water partition coefficient (Wildman–Crippen LogP) is 2.20. The van der Waals surface area contributed by atoms with Gasteiger partial charge in [0.1, 0.15) is 21.3 Å². The predicted molar refractivity (Wildman–Crippen MR) is 89.8 cm³/mol. The van der Waals surface area contributed by atoms with Crippen LogP contribution >= 0.6 is 11.3 Å². The molecular formula is C15H13FN4O3S2. The molecule has 3 aromatic rings. The van der Waals surface area contributed by atoms with Gasteiger partial charge < -0.3 is 0 Å². The lowest BCUT2D eigenvalue weighted by Gasteiger charge is -2.04. The molecule has 0 unspecified atom stereocenters. The van der Waals surface area contributed by atoms with Gasteiger partial charge in [-0.25, -0.2) is 27.2 Å². The fraction of sp³-hybridized carbons (Fsp3) is 0.133. The molecule has 0 saturated carbocycles. The van der Waals surface area contributed by atoms with Crippen LogP contribution in [0.25, 0.3) is 5.69 Å². The van der Waals surface area contributed by atoms with Gasteiger partial charge in [0.15, 0.2) is 0 Å². The molecule has 2 heterocycles. The van der Waals surface area contributed by atoms with Gasteiger partial charge in [0.25, 0.3) is 15.9 Å². The molecule has 0 saturated heterocycles. The second kappa shape index (κ2) is 6.37. The van der Waals surface area contributed by atoms with Crippen LogP contribution < -0.4 is 4.72 Å². The van der Waals surface area contributed by atoms with Crippen LogP contribution in [0.3, 0.4) is 0 Å². The van der Waals surface area contributed by atoms with Crippen molar-refractivity contribution >= 4 is 27.3 Å². The van der Waals surface area contributed by atoms with Crippen LogP contribution in [0.15, 0.2) is 41.6 Å². The number of hydrogen-bond acceptors (Lipinski definition) is 6. The van der Waals surface area contributed by atoms with Crippen molar-refractivity contribution in [2.45, 2.75) is 18.7 Å². The van der Waals surface area contributed by atoms with E-state index in [1.807, 2.05) is 4.72 Å². The number of nitrogens with zero attached hydrogens (tertiary/aromatic N) is 3. The second-order valence-electron chi connectivity index (χ2n) is 5.15. The number of carbonyl (C=O) groups is 1. The lowest BCUT2D eigenvalue weighted by Crippen LogP contribution is -2.30. The maximum atomic E-state index is 13.8. The maximum Gasteiger partial charge on any atom is 0.276 e. The highest BCUT2D eigenvalue weighted by Gasteiger charge is 2.23. The van der Waals surface area contributed by atoms with Crippen LogP contribution in [-0.2, 0) is 10.0 Å². The highest BCUT2D eigenvalue weighted by molar-refractivity contribution is 7.90. The van der Waals surface area contributed by atoms with Crippen LogP contribution in [0.4, 0.5) is 4.39 Å². The molecule has 0 atom stereocenters. The summed E-state index contributed by atoms with van der Waals surface area (Å²) >= 11 is 1.10. The molecular weight excluding hydrogens is 367 g/mol. The first-order chi connectivity index (χ1) is 11.8. The number of hydrogen-bond donors (Lipinski definition) is 1. The van der Waals surface area contributed by atoms with Gasteiger partial charge in [0, 0.05) is 0 Å². The van der Waals surface area contributed by atoms with Gasteiger partial charge in [-0.2, -0.15) is 5.10 Å². The molecule has 1 N–H and O–H groups in total. The number of benzene rings is 1. The number of halogens is 1. The Balaban J connectivity index is 1.87. The minimum atomic E-state index is -4.14. The molecule has 0 bridgehead atoms. The van der Waals surface area contributed by atoms with Gasteiger partial charge >= 0.3 is 0 Å². The van der Waals surface area contributed by atoms with E-state index in [9.17, 15) is 17.6 Å². The van der Waals surface area contributed by atoms with E-state index >= 15 is 0 Å². The average molecular weight is 380 g/mol. The monoisotopic (exact) mass is 380 g/mol. The number of aryl methyl sites for hydroxylation is 2. The number of carbonyl (C=O) groups excluding carboxylic acids is 1. The molecule has 0 radical (unpaired) electrons. The van der Waals surface area contributed by atoms with E-state index in [-0.39, 0.29) is 15.5 Å². The third-order valence-corrected chi connectivity index (χ3v) is 5.66. The SMILES string of the molecule is Cc1nc(C)c(C(=O)NS(=O)(=O)c2cnn(-c3ccccc3F)c2)s1. The Bertz CT molecular complexity index is 1060. The summed E-state index contributed by atoms with van der Waals surface area (Å²) in [4.78, 5) is 16.3. The largest absolute Gasteiger partial charge is 0.276 e. The molecule has 1 amide bonds. The van der Waals surface area contributed by atoms with Crippen molar-refractivity contribution in [2.24, 2.45) is 0 Å². The van der Waals surface area contributed by atoms with Crippen LogP contribution in [0, 0.1) is 19.7 Å². The summed E-state index contributed by atoms with van der Waals surface area (Å²) in [6.45, 7) is 3.35. The second-order valence-corrected chi connectivity index (χ2v) is 8.04. The van der Waals surface area contributed by atoms with Gasteiger partial charge in [0.2, 0.25) is 0 Å². The van der Waals surface area contributed by atoms with Crippen molar-refractivity contribution < 1.29 is 17.6 Å². The summed E-state index contributed by atoms with van der Waals surface area (Å²) in [6, 6.07) is 5.81. The van der Waals surface area contributed by atoms with Crippen molar-refractivity contribution in [2.75, 3.05) is 0 Å². The number of sulfonamides is 1. The fourth-order valence-electron chi connectivity index (χ4n) is 2.18. The van der Waals surface area contributed by atoms with E-state index in [4.69, 9.17) is 0 Å². The molecule has 3 rings (SSSR count). The molecule has 0 fully saturated rings. The van der Waals surface area contributed by atoms with Crippen molar-refractivity contribution in [1.82, 2.24) is 19.5 Å². The van der Waals surface area contributed by atoms with Crippen molar-refractivity contribution in [1.29, 1.82) is 0 Å². The molecule has 0 aliphatic rings. The van der Waals surface area contributed by atoms with Crippen molar-refractivity contribution in [3.63, 3.8) is 0 Å². The Labute approximate surface area is 147 Å². The zero-order chi connectivity index (χ0) is 18.2. The van der Waals surface area contributed by atoms with E-state index in [0.717, 1.165) is 28.4 Å². The first kappa shape index (κ1) is 17.2. The third-order valence-electron chi connectivity index (χ3n) is 3.31. The van der Waals surface area contributed by atoms with Gasteiger partial charge in [-0.15, -0.1) is 11.3 Å². The summed E-state index contributed by atoms with van der Waals surface area (Å²) in [7, 11) is -4.14. The van der Waals surface area contributed by atoms with E-state index in [0.29, 0.717) is 10.7 Å². The van der Waals surface area contributed by atoms with E-state index in [1.165, 1.54) is 18.2 Å². The first-order valence-electron chi connectivity index (χ1n) is 7.08. The van der Waals surface area contributed by atoms with Gasteiger partial charge in [-0.05, 0) is 26.0 Å². The smallest absolute Gasteiger partial charge is 0.267 e. The first-order valence-corrected chi connectivity index (χ1v) is 9.38. The van der Waals surface area contributed by atoms with Crippen LogP contribution in [0.1, 0.15) is 20.4 Å². The van der Waals surface area contributed by atoms with Crippen molar-refractivity contribution in [3.05, 3.63) is 58.1 Å². The number of nitrogens with one attached hydrogen (secondary N) is 1. The van der Waals surface area contributed by atoms with Crippen LogP contribution in [0.2, 0.25) is 0 Å². The number of para-hydroxylation sites is 1.